The number of rotatable bonds is 13. The van der Waals surface area contributed by atoms with Crippen molar-refractivity contribution in [2.75, 3.05) is 42.2 Å². The van der Waals surface area contributed by atoms with Crippen LogP contribution in [0, 0.1) is 0 Å². The lowest BCUT2D eigenvalue weighted by Crippen LogP contribution is -2.55. The summed E-state index contributed by atoms with van der Waals surface area (Å²) < 4.78 is 35.2. The van der Waals surface area contributed by atoms with Crippen molar-refractivity contribution in [3.63, 3.8) is 0 Å². The molecule has 4 N–H and O–H groups in total. The first-order valence-corrected chi connectivity index (χ1v) is 26.4. The predicted molar refractivity (Wildman–Crippen MR) is 265 cm³/mol. The second-order valence-corrected chi connectivity index (χ2v) is 23.2. The molecule has 16 nitrogen and oxygen atoms in total. The molecule has 3 atom stereocenters. The number of halogens is 1. The highest BCUT2D eigenvalue weighted by atomic mass is 35.5. The Morgan fingerprint density at radius 3 is 2.51 bits per heavy atom. The number of thioether (sulfide) groups is 1. The molecular formula is C49H49ClN6O10S3. The molecule has 0 saturated carbocycles. The number of carboxylic acids is 2. The second-order valence-electron chi connectivity index (χ2n) is 18.7. The number of imide groups is 1. The minimum absolute atomic E-state index is 0.0156. The maximum atomic E-state index is 14.2. The van der Waals surface area contributed by atoms with E-state index in [0.29, 0.717) is 46.7 Å². The molecule has 0 bridgehead atoms. The molecule has 69 heavy (non-hydrogen) atoms. The second kappa shape index (κ2) is 18.1. The molecule has 0 aliphatic carbocycles. The first kappa shape index (κ1) is 46.8. The monoisotopic (exact) mass is 1010 g/mol. The van der Waals surface area contributed by atoms with Crippen molar-refractivity contribution >= 4 is 96.5 Å². The molecule has 6 aliphatic heterocycles. The van der Waals surface area contributed by atoms with Crippen LogP contribution in [0.25, 0.3) is 21.2 Å². The van der Waals surface area contributed by atoms with Crippen LogP contribution in [0.3, 0.4) is 0 Å². The summed E-state index contributed by atoms with van der Waals surface area (Å²) in [4.78, 5) is 67.7. The predicted octanol–water partition coefficient (Wildman–Crippen LogP) is 7.64. The van der Waals surface area contributed by atoms with Gasteiger partial charge in [0, 0.05) is 66.7 Å². The fourth-order valence-corrected chi connectivity index (χ4v) is 15.2. The molecule has 3 saturated heterocycles. The maximum absolute atomic E-state index is 14.2. The van der Waals surface area contributed by atoms with Gasteiger partial charge >= 0.3 is 11.9 Å². The normalized spacial score (nSPS) is 22.7. The Hall–Kier alpha value is -5.86. The molecule has 0 spiro atoms. The van der Waals surface area contributed by atoms with E-state index in [1.165, 1.54) is 5.56 Å². The number of hydrogen-bond acceptors (Lipinski definition) is 13. The molecular weight excluding hydrogens is 964 g/mol. The van der Waals surface area contributed by atoms with Crippen LogP contribution in [0.2, 0.25) is 5.02 Å². The summed E-state index contributed by atoms with van der Waals surface area (Å²) in [5, 5.41) is 27.8. The summed E-state index contributed by atoms with van der Waals surface area (Å²) >= 11 is 9.19. The molecule has 6 aliphatic rings. The quantitative estimate of drug-likeness (QED) is 0.0951. The van der Waals surface area contributed by atoms with Gasteiger partial charge in [-0.15, -0.1) is 11.3 Å². The van der Waals surface area contributed by atoms with Crippen molar-refractivity contribution < 1.29 is 47.3 Å². The van der Waals surface area contributed by atoms with Crippen molar-refractivity contribution in [2.24, 2.45) is 0 Å². The van der Waals surface area contributed by atoms with Gasteiger partial charge in [-0.3, -0.25) is 24.6 Å². The number of carbonyl (C=O) groups excluding carboxylic acids is 3. The van der Waals surface area contributed by atoms with Gasteiger partial charge in [-0.2, -0.15) is 4.31 Å². The molecule has 1 aromatic heterocycles. The lowest BCUT2D eigenvalue weighted by atomic mass is 9.85. The lowest BCUT2D eigenvalue weighted by Gasteiger charge is -2.45. The highest BCUT2D eigenvalue weighted by Gasteiger charge is 2.44. The number of carboxylic acid groups (broad SMARTS) is 2. The third kappa shape index (κ3) is 8.87. The number of nitrogens with one attached hydrogen (secondary N) is 2. The van der Waals surface area contributed by atoms with Crippen LogP contribution in [0.15, 0.2) is 89.8 Å². The lowest BCUT2D eigenvalue weighted by molar-refractivity contribution is -0.139. The molecule has 4 aromatic rings. The van der Waals surface area contributed by atoms with Crippen LogP contribution in [0.5, 0.6) is 5.75 Å². The smallest absolute Gasteiger partial charge is 0.349 e. The first-order valence-electron chi connectivity index (χ1n) is 22.8. The van der Waals surface area contributed by atoms with E-state index < -0.39 is 46.1 Å². The Bertz CT molecular complexity index is 3050. The van der Waals surface area contributed by atoms with Crippen molar-refractivity contribution in [3.8, 4) is 16.2 Å². The van der Waals surface area contributed by atoms with Crippen LogP contribution in [0.4, 0.5) is 11.4 Å². The van der Waals surface area contributed by atoms with E-state index in [1.54, 1.807) is 33.1 Å². The number of piperidine rings is 3. The largest absolute Gasteiger partial charge is 0.479 e. The number of hydrogen-bond donors (Lipinski definition) is 4. The zero-order valence-electron chi connectivity index (χ0n) is 37.6. The molecule has 10 rings (SSSR count). The van der Waals surface area contributed by atoms with Crippen LogP contribution >= 0.6 is 34.7 Å². The van der Waals surface area contributed by atoms with Crippen LogP contribution < -0.4 is 20.3 Å². The average Bonchev–Trinajstić information content (AvgIpc) is 3.97. The van der Waals surface area contributed by atoms with E-state index in [4.69, 9.17) is 21.4 Å². The van der Waals surface area contributed by atoms with E-state index in [9.17, 15) is 37.5 Å². The van der Waals surface area contributed by atoms with E-state index in [2.05, 4.69) is 44.8 Å². The summed E-state index contributed by atoms with van der Waals surface area (Å²) in [5.41, 5.74) is 3.84. The SMILES string of the molecule is CC1(C)CC(Nc2cccc(-c3sc(C(=O)O)c(OCC(=O)O)c3Cl)c2)CCN1S(=O)(=O)CC1=CN2C=C(N3CCC(c4ccc5c6c(cccc46)C(=O)N5C4CCC(=O)NC4=O)CC3)SC2C=C1. The molecule has 3 aromatic carbocycles. The number of aromatic carboxylic acids is 1. The zero-order valence-corrected chi connectivity index (χ0v) is 40.9. The van der Waals surface area contributed by atoms with Gasteiger partial charge in [-0.25, -0.2) is 18.0 Å². The fourth-order valence-electron chi connectivity index (χ4n) is 10.7. The fraction of sp³-hybridized carbons (Fsp3) is 0.367. The number of nitrogens with zero attached hydrogens (tertiary/aromatic N) is 4. The number of allylic oxidation sites excluding steroid dienone is 1. The van der Waals surface area contributed by atoms with Crippen LogP contribution in [-0.2, 0) is 24.4 Å². The van der Waals surface area contributed by atoms with Crippen molar-refractivity contribution in [1.82, 2.24) is 19.4 Å². The number of anilines is 2. The summed E-state index contributed by atoms with van der Waals surface area (Å²) in [6.07, 6.45) is 11.4. The zero-order chi connectivity index (χ0) is 48.5. The highest BCUT2D eigenvalue weighted by Crippen LogP contribution is 2.48. The highest BCUT2D eigenvalue weighted by molar-refractivity contribution is 8.03. The van der Waals surface area contributed by atoms with Gasteiger partial charge in [-0.1, -0.05) is 65.8 Å². The summed E-state index contributed by atoms with van der Waals surface area (Å²) in [6.45, 7) is 5.11. The summed E-state index contributed by atoms with van der Waals surface area (Å²) in [6, 6.07) is 16.3. The van der Waals surface area contributed by atoms with Crippen LogP contribution in [0.1, 0.15) is 83.9 Å². The Morgan fingerprint density at radius 1 is 0.986 bits per heavy atom. The standard InChI is InChI=1S/C49H49ClN6O10S3/c1-49(2)22-31(51-30-6-3-5-29(21-30)44-42(50)43(66-25-40(58)59)45(68-44)48(62)63)17-20-55(49)69(64,65)26-27-9-14-38-54(23-27)24-39(67-38)53-18-15-28(16-19-53)32-10-11-35-41-33(32)7-4-8-34(41)47(61)56(35)36-12-13-37(57)52-46(36)60/h3-11,14,21,23-24,28,31,36,38,51H,12-13,15-20,22,25-26H2,1-2H3,(H,58,59)(H,62,63)(H,52,57,60). The number of sulfonamides is 1. The number of carbonyl (C=O) groups is 5. The van der Waals surface area contributed by atoms with Gasteiger partial charge in [0.2, 0.25) is 21.8 Å². The molecule has 3 unspecified atom stereocenters. The third-order valence-corrected chi connectivity index (χ3v) is 18.7. The number of thiophene rings is 1. The number of amides is 3. The van der Waals surface area contributed by atoms with Gasteiger partial charge in [0.25, 0.3) is 5.91 Å². The number of ether oxygens (including phenoxy) is 1. The molecule has 0 radical (unpaired) electrons. The minimum Gasteiger partial charge on any atom is -0.479 e. The van der Waals surface area contributed by atoms with Gasteiger partial charge in [0.15, 0.2) is 17.2 Å². The Labute approximate surface area is 411 Å². The van der Waals surface area contributed by atoms with Crippen molar-refractivity contribution in [3.05, 3.63) is 111 Å². The Kier molecular flexibility index (Phi) is 12.3. The van der Waals surface area contributed by atoms with Gasteiger partial charge in [-0.05, 0) is 98.2 Å². The number of benzene rings is 3. The number of likely N-dealkylation sites (tertiary alicyclic amines) is 1. The van der Waals surface area contributed by atoms with Gasteiger partial charge in [0.05, 0.1) is 21.3 Å². The maximum Gasteiger partial charge on any atom is 0.349 e. The van der Waals surface area contributed by atoms with E-state index in [1.807, 2.05) is 56.5 Å². The van der Waals surface area contributed by atoms with E-state index in [-0.39, 0.29) is 63.4 Å². The Balaban J connectivity index is 0.761. The number of aliphatic carboxylic acids is 1. The molecule has 20 heteroatoms. The van der Waals surface area contributed by atoms with Gasteiger partial charge < -0.3 is 30.1 Å². The first-order chi connectivity index (χ1) is 33.0. The summed E-state index contributed by atoms with van der Waals surface area (Å²) in [5.74, 6) is -3.58. The van der Waals surface area contributed by atoms with Crippen LogP contribution in [-0.4, -0.2) is 117 Å². The van der Waals surface area contributed by atoms with Crippen molar-refractivity contribution in [2.45, 2.75) is 81.3 Å². The molecule has 7 heterocycles. The average molecular weight is 1010 g/mol. The summed E-state index contributed by atoms with van der Waals surface area (Å²) in [7, 11) is -3.72. The molecule has 3 fully saturated rings. The van der Waals surface area contributed by atoms with Crippen molar-refractivity contribution in [1.29, 1.82) is 0 Å². The third-order valence-electron chi connectivity index (χ3n) is 13.7. The molecule has 360 valence electrons. The van der Waals surface area contributed by atoms with Gasteiger partial charge in [0.1, 0.15) is 16.4 Å². The van der Waals surface area contributed by atoms with E-state index >= 15 is 0 Å². The minimum atomic E-state index is -3.72. The Morgan fingerprint density at radius 2 is 1.77 bits per heavy atom. The topological polar surface area (TPSA) is 206 Å². The molecule has 3 amide bonds. The van der Waals surface area contributed by atoms with E-state index in [0.717, 1.165) is 58.8 Å². The number of fused-ring (bicyclic) bond motifs is 1.